The van der Waals surface area contributed by atoms with E-state index in [1.165, 1.54) is 110 Å². The van der Waals surface area contributed by atoms with E-state index in [2.05, 4.69) is 133 Å². The van der Waals surface area contributed by atoms with Crippen LogP contribution >= 0.6 is 0 Å². The minimum atomic E-state index is -0.303. The Kier molecular flexibility index (Phi) is 4.07. The highest BCUT2D eigenvalue weighted by atomic mass is 16.1. The van der Waals surface area contributed by atoms with Crippen molar-refractivity contribution < 1.29 is 4.79 Å². The van der Waals surface area contributed by atoms with Crippen LogP contribution < -0.4 is 0 Å². The minimum Gasteiger partial charge on any atom is -0.298 e. The summed E-state index contributed by atoms with van der Waals surface area (Å²) in [5, 5.41) is 7.64. The van der Waals surface area contributed by atoms with Gasteiger partial charge in [0.2, 0.25) is 0 Å². The van der Waals surface area contributed by atoms with Gasteiger partial charge in [0.25, 0.3) is 0 Å². The van der Waals surface area contributed by atoms with Crippen LogP contribution in [0.2, 0.25) is 0 Å². The number of rotatable bonds is 0. The summed E-state index contributed by atoms with van der Waals surface area (Å²) in [5.41, 5.74) is 18.3. The minimum absolute atomic E-state index is 0.116. The van der Waals surface area contributed by atoms with Gasteiger partial charge in [-0.2, -0.15) is 0 Å². The van der Waals surface area contributed by atoms with E-state index in [1.807, 2.05) is 0 Å². The van der Waals surface area contributed by atoms with Crippen LogP contribution in [0.25, 0.3) is 54.6 Å². The first-order chi connectivity index (χ1) is 23.8. The molecular formula is C47H26O. The molecule has 0 radical (unpaired) electrons. The van der Waals surface area contributed by atoms with Gasteiger partial charge in [-0.1, -0.05) is 121 Å². The van der Waals surface area contributed by atoms with Crippen LogP contribution in [0.5, 0.6) is 0 Å². The first-order valence-electron chi connectivity index (χ1n) is 17.2. The molecule has 0 fully saturated rings. The molecule has 8 aromatic carbocycles. The van der Waals surface area contributed by atoms with Crippen LogP contribution in [0.4, 0.5) is 0 Å². The average Bonchev–Trinajstić information content (AvgIpc) is 3.65. The Morgan fingerprint density at radius 2 is 0.792 bits per heavy atom. The maximum Gasteiger partial charge on any atom is 0.156 e. The van der Waals surface area contributed by atoms with Gasteiger partial charge in [0.05, 0.1) is 11.8 Å². The summed E-state index contributed by atoms with van der Waals surface area (Å²) >= 11 is 0. The molecule has 48 heavy (non-hydrogen) atoms. The highest BCUT2D eigenvalue weighted by Gasteiger charge is 2.53. The van der Waals surface area contributed by atoms with Gasteiger partial charge in [-0.25, -0.2) is 0 Å². The van der Waals surface area contributed by atoms with Gasteiger partial charge >= 0.3 is 0 Å². The van der Waals surface area contributed by atoms with Crippen LogP contribution in [-0.4, -0.2) is 5.78 Å². The number of fused-ring (bicyclic) bond motifs is 16. The van der Waals surface area contributed by atoms with Gasteiger partial charge in [0.15, 0.2) is 5.78 Å². The Hall–Kier alpha value is -5.79. The van der Waals surface area contributed by atoms with E-state index in [1.54, 1.807) is 0 Å². The van der Waals surface area contributed by atoms with Crippen LogP contribution in [0.1, 0.15) is 79.3 Å². The summed E-state index contributed by atoms with van der Waals surface area (Å²) in [7, 11) is 0. The zero-order valence-electron chi connectivity index (χ0n) is 25.9. The summed E-state index contributed by atoms with van der Waals surface area (Å²) in [6.45, 7) is 0. The molecule has 0 amide bonds. The summed E-state index contributed by atoms with van der Waals surface area (Å²) in [4.78, 5) is 15.8. The Balaban J connectivity index is 1.26. The van der Waals surface area contributed by atoms with Crippen LogP contribution in [-0.2, 0) is 4.79 Å². The van der Waals surface area contributed by atoms with E-state index in [-0.39, 0.29) is 23.7 Å². The summed E-state index contributed by atoms with van der Waals surface area (Å²) in [6.07, 6.45) is 0. The Morgan fingerprint density at radius 1 is 0.333 bits per heavy atom. The lowest BCUT2D eigenvalue weighted by atomic mass is 9.58. The van der Waals surface area contributed by atoms with E-state index >= 15 is 4.79 Å². The highest BCUT2D eigenvalue weighted by molar-refractivity contribution is 6.16. The molecule has 5 aliphatic carbocycles. The number of benzene rings is 8. The molecule has 4 atom stereocenters. The second-order valence-electron chi connectivity index (χ2n) is 14.5. The lowest BCUT2D eigenvalue weighted by Crippen LogP contribution is -2.35. The SMILES string of the molecule is O=C1C2c3ccc4ccccc4c3C3c4ccccc4-c4cc5cc6c7c(c5c2c43)C1c1ccc2ccccc2c1C7c1ccccc1-6. The molecule has 220 valence electrons. The van der Waals surface area contributed by atoms with Crippen molar-refractivity contribution in [3.8, 4) is 22.3 Å². The molecule has 0 saturated heterocycles. The van der Waals surface area contributed by atoms with Crippen LogP contribution in [0, 0.1) is 0 Å². The van der Waals surface area contributed by atoms with E-state index in [4.69, 9.17) is 0 Å². The second kappa shape index (κ2) is 8.01. The zero-order valence-corrected chi connectivity index (χ0v) is 25.9. The first-order valence-corrected chi connectivity index (χ1v) is 17.2. The molecule has 8 aromatic rings. The molecule has 4 unspecified atom stereocenters. The molecule has 1 heteroatoms. The molecule has 0 spiro atoms. The van der Waals surface area contributed by atoms with Crippen molar-refractivity contribution in [2.75, 3.05) is 0 Å². The molecule has 0 heterocycles. The molecule has 0 aliphatic heterocycles. The van der Waals surface area contributed by atoms with Gasteiger partial charge in [-0.3, -0.25) is 4.79 Å². The third kappa shape index (κ3) is 2.53. The molecule has 0 aromatic heterocycles. The molecular weight excluding hydrogens is 581 g/mol. The first kappa shape index (κ1) is 24.4. The van der Waals surface area contributed by atoms with E-state index < -0.39 is 0 Å². The lowest BCUT2D eigenvalue weighted by molar-refractivity contribution is -0.120. The normalized spacial score (nSPS) is 21.0. The summed E-state index contributed by atoms with van der Waals surface area (Å²) in [5.74, 6) is -0.0377. The van der Waals surface area contributed by atoms with Crippen molar-refractivity contribution in [3.05, 3.63) is 189 Å². The quantitative estimate of drug-likeness (QED) is 0.168. The molecule has 1 nitrogen and oxygen atoms in total. The highest BCUT2D eigenvalue weighted by Crippen LogP contribution is 2.66. The van der Waals surface area contributed by atoms with Gasteiger partial charge < -0.3 is 0 Å². The van der Waals surface area contributed by atoms with Crippen molar-refractivity contribution in [2.24, 2.45) is 0 Å². The Bertz CT molecular complexity index is 2700. The predicted molar refractivity (Wildman–Crippen MR) is 193 cm³/mol. The predicted octanol–water partition coefficient (Wildman–Crippen LogP) is 10.9. The molecule has 13 rings (SSSR count). The molecule has 0 N–H and O–H groups in total. The zero-order chi connectivity index (χ0) is 31.0. The number of hydrogen-bond donors (Lipinski definition) is 0. The second-order valence-corrected chi connectivity index (χ2v) is 14.5. The van der Waals surface area contributed by atoms with Crippen molar-refractivity contribution in [1.82, 2.24) is 0 Å². The number of Topliss-reactive ketones (excluding diaryl/α,β-unsaturated/α-hetero) is 1. The fourth-order valence-corrected chi connectivity index (χ4v) is 11.1. The van der Waals surface area contributed by atoms with Crippen molar-refractivity contribution in [1.29, 1.82) is 0 Å². The monoisotopic (exact) mass is 606 g/mol. The topological polar surface area (TPSA) is 17.1 Å². The smallest absolute Gasteiger partial charge is 0.156 e. The number of hydrogen-bond acceptors (Lipinski definition) is 1. The Morgan fingerprint density at radius 3 is 1.31 bits per heavy atom. The third-order valence-electron chi connectivity index (χ3n) is 12.6. The van der Waals surface area contributed by atoms with E-state index in [9.17, 15) is 0 Å². The standard InChI is InChI=1S/C47H26O/c48-47-43-32-19-17-23-9-1-3-11-26(23)37(32)39-30-15-7-5-13-28(30)34-21-25-22-35-29-14-6-8-16-31(29)40-38-27-12-4-2-10-24(27)18-20-33(38)44(47)46(42(35)40)36(25)45(43)41(34)39/h1-22,39-40,43-44H. The van der Waals surface area contributed by atoms with Crippen molar-refractivity contribution >= 4 is 38.1 Å². The van der Waals surface area contributed by atoms with E-state index in [0.29, 0.717) is 5.78 Å². The van der Waals surface area contributed by atoms with Gasteiger partial charge in [-0.05, 0) is 122 Å². The van der Waals surface area contributed by atoms with Gasteiger partial charge in [0, 0.05) is 11.8 Å². The van der Waals surface area contributed by atoms with Crippen LogP contribution in [0.15, 0.2) is 133 Å². The maximum absolute atomic E-state index is 15.8. The van der Waals surface area contributed by atoms with Gasteiger partial charge in [0.1, 0.15) is 0 Å². The fourth-order valence-electron chi connectivity index (χ4n) is 11.1. The van der Waals surface area contributed by atoms with Crippen molar-refractivity contribution in [3.63, 3.8) is 0 Å². The lowest BCUT2D eigenvalue weighted by Gasteiger charge is -2.43. The van der Waals surface area contributed by atoms with Crippen molar-refractivity contribution in [2.45, 2.75) is 23.7 Å². The molecule has 0 bridgehead atoms. The summed E-state index contributed by atoms with van der Waals surface area (Å²) in [6, 6.07) is 49.6. The summed E-state index contributed by atoms with van der Waals surface area (Å²) < 4.78 is 0. The number of carbonyl (C=O) groups is 1. The Labute approximate surface area is 277 Å². The fraction of sp³-hybridized carbons (Fsp3) is 0.0851. The number of carbonyl (C=O) groups excluding carboxylic acids is 1. The maximum atomic E-state index is 15.8. The van der Waals surface area contributed by atoms with Gasteiger partial charge in [-0.15, -0.1) is 0 Å². The molecule has 0 saturated carbocycles. The third-order valence-corrected chi connectivity index (χ3v) is 12.6. The van der Waals surface area contributed by atoms with E-state index in [0.717, 1.165) is 0 Å². The molecule has 5 aliphatic rings. The number of ketones is 1. The van der Waals surface area contributed by atoms with Crippen LogP contribution in [0.3, 0.4) is 0 Å². The average molecular weight is 607 g/mol. The largest absolute Gasteiger partial charge is 0.298 e.